The third kappa shape index (κ3) is 5.07. The van der Waals surface area contributed by atoms with Crippen molar-refractivity contribution in [2.45, 2.75) is 11.3 Å². The smallest absolute Gasteiger partial charge is 0.243 e. The van der Waals surface area contributed by atoms with E-state index in [4.69, 9.17) is 0 Å². The summed E-state index contributed by atoms with van der Waals surface area (Å²) < 4.78 is 27.5. The van der Waals surface area contributed by atoms with E-state index in [0.717, 1.165) is 11.4 Å². The zero-order valence-electron chi connectivity index (χ0n) is 16.9. The highest BCUT2D eigenvalue weighted by molar-refractivity contribution is 7.89. The average molecular weight is 438 g/mol. The second-order valence-corrected chi connectivity index (χ2v) is 9.13. The van der Waals surface area contributed by atoms with E-state index >= 15 is 0 Å². The van der Waals surface area contributed by atoms with Gasteiger partial charge < -0.3 is 10.2 Å². The zero-order valence-corrected chi connectivity index (χ0v) is 17.7. The largest absolute Gasteiger partial charge is 0.353 e. The van der Waals surface area contributed by atoms with Gasteiger partial charge in [-0.25, -0.2) is 13.4 Å². The van der Waals surface area contributed by atoms with Crippen LogP contribution in [0.4, 0.5) is 11.5 Å². The standard InChI is InChI=1S/C22H23N5O3S/c28-22(16-18-4-2-1-3-5-18)25-19-6-8-20(9-7-19)31(29,30)27-14-12-26(13-15-27)21-17-23-10-11-24-21/h1-11,17H,12-16H2,(H,25,28). The van der Waals surface area contributed by atoms with Crippen molar-refractivity contribution in [2.24, 2.45) is 0 Å². The van der Waals surface area contributed by atoms with Crippen molar-refractivity contribution >= 4 is 27.4 Å². The Balaban J connectivity index is 1.36. The number of rotatable bonds is 6. The van der Waals surface area contributed by atoms with Crippen molar-refractivity contribution in [3.05, 3.63) is 78.8 Å². The van der Waals surface area contributed by atoms with Crippen LogP contribution in [0.1, 0.15) is 5.56 Å². The monoisotopic (exact) mass is 437 g/mol. The molecular weight excluding hydrogens is 414 g/mol. The van der Waals surface area contributed by atoms with E-state index in [1.54, 1.807) is 30.7 Å². The molecule has 1 amide bonds. The van der Waals surface area contributed by atoms with E-state index in [2.05, 4.69) is 15.3 Å². The number of carbonyl (C=O) groups is 1. The topological polar surface area (TPSA) is 95.5 Å². The van der Waals surface area contributed by atoms with Gasteiger partial charge in [0.15, 0.2) is 0 Å². The van der Waals surface area contributed by atoms with Gasteiger partial charge in [0.2, 0.25) is 15.9 Å². The molecule has 31 heavy (non-hydrogen) atoms. The van der Waals surface area contributed by atoms with Crippen LogP contribution in [-0.2, 0) is 21.2 Å². The Labute approximate surface area is 181 Å². The molecule has 1 aromatic heterocycles. The molecule has 1 aliphatic heterocycles. The van der Waals surface area contributed by atoms with Crippen molar-refractivity contribution in [3.8, 4) is 0 Å². The molecular formula is C22H23N5O3S. The van der Waals surface area contributed by atoms with Gasteiger partial charge in [0.05, 0.1) is 17.5 Å². The van der Waals surface area contributed by atoms with E-state index in [1.165, 1.54) is 16.4 Å². The molecule has 1 N–H and O–H groups in total. The van der Waals surface area contributed by atoms with E-state index in [9.17, 15) is 13.2 Å². The molecule has 9 heteroatoms. The third-order valence-electron chi connectivity index (χ3n) is 5.10. The van der Waals surface area contributed by atoms with E-state index in [1.807, 2.05) is 35.2 Å². The molecule has 1 saturated heterocycles. The number of aromatic nitrogens is 2. The molecule has 4 rings (SSSR count). The molecule has 0 radical (unpaired) electrons. The first-order chi connectivity index (χ1) is 15.0. The summed E-state index contributed by atoms with van der Waals surface area (Å²) in [6.07, 6.45) is 5.17. The molecule has 2 aromatic carbocycles. The van der Waals surface area contributed by atoms with Crippen molar-refractivity contribution < 1.29 is 13.2 Å². The quantitative estimate of drug-likeness (QED) is 0.635. The molecule has 0 atom stereocenters. The fourth-order valence-electron chi connectivity index (χ4n) is 3.46. The normalized spacial score (nSPS) is 14.9. The second kappa shape index (κ2) is 9.23. The van der Waals surface area contributed by atoms with Gasteiger partial charge in [0, 0.05) is 44.3 Å². The number of nitrogens with one attached hydrogen (secondary N) is 1. The molecule has 8 nitrogen and oxygen atoms in total. The van der Waals surface area contributed by atoms with Crippen LogP contribution in [0, 0.1) is 0 Å². The van der Waals surface area contributed by atoms with Gasteiger partial charge in [-0.3, -0.25) is 9.78 Å². The van der Waals surface area contributed by atoms with Crippen LogP contribution >= 0.6 is 0 Å². The Morgan fingerprint density at radius 3 is 2.29 bits per heavy atom. The maximum Gasteiger partial charge on any atom is 0.243 e. The maximum absolute atomic E-state index is 13.0. The van der Waals surface area contributed by atoms with Gasteiger partial charge in [0.1, 0.15) is 5.82 Å². The highest BCUT2D eigenvalue weighted by Gasteiger charge is 2.29. The molecule has 2 heterocycles. The fourth-order valence-corrected chi connectivity index (χ4v) is 4.88. The number of hydrogen-bond donors (Lipinski definition) is 1. The summed E-state index contributed by atoms with van der Waals surface area (Å²) in [5.41, 5.74) is 1.48. The number of hydrogen-bond acceptors (Lipinski definition) is 6. The van der Waals surface area contributed by atoms with Crippen molar-refractivity contribution in [2.75, 3.05) is 36.4 Å². The van der Waals surface area contributed by atoms with Crippen molar-refractivity contribution in [1.82, 2.24) is 14.3 Å². The molecule has 0 aliphatic carbocycles. The minimum Gasteiger partial charge on any atom is -0.353 e. The lowest BCUT2D eigenvalue weighted by atomic mass is 10.1. The Hall–Kier alpha value is -3.30. The number of anilines is 2. The molecule has 0 bridgehead atoms. The molecule has 0 saturated carbocycles. The van der Waals surface area contributed by atoms with E-state index in [0.29, 0.717) is 31.9 Å². The molecule has 160 valence electrons. The lowest BCUT2D eigenvalue weighted by Crippen LogP contribution is -2.48. The van der Waals surface area contributed by atoms with Crippen LogP contribution in [0.15, 0.2) is 78.1 Å². The summed E-state index contributed by atoms with van der Waals surface area (Å²) in [7, 11) is -3.60. The first-order valence-corrected chi connectivity index (χ1v) is 11.4. The van der Waals surface area contributed by atoms with Crippen molar-refractivity contribution in [3.63, 3.8) is 0 Å². The Morgan fingerprint density at radius 2 is 1.65 bits per heavy atom. The summed E-state index contributed by atoms with van der Waals surface area (Å²) in [5, 5.41) is 2.81. The number of piperazine rings is 1. The minimum atomic E-state index is -3.60. The number of carbonyl (C=O) groups excluding carboxylic acids is 1. The van der Waals surface area contributed by atoms with Crippen LogP contribution in [0.5, 0.6) is 0 Å². The van der Waals surface area contributed by atoms with Crippen LogP contribution < -0.4 is 10.2 Å². The number of amides is 1. The SMILES string of the molecule is O=C(Cc1ccccc1)Nc1ccc(S(=O)(=O)N2CCN(c3cnccn3)CC2)cc1. The first kappa shape index (κ1) is 21.0. The lowest BCUT2D eigenvalue weighted by molar-refractivity contribution is -0.115. The number of sulfonamides is 1. The molecule has 1 aliphatic rings. The molecule has 0 spiro atoms. The fraction of sp³-hybridized carbons (Fsp3) is 0.227. The van der Waals surface area contributed by atoms with Crippen LogP contribution in [0.2, 0.25) is 0 Å². The van der Waals surface area contributed by atoms with E-state index < -0.39 is 10.0 Å². The predicted molar refractivity (Wildman–Crippen MR) is 118 cm³/mol. The molecule has 1 fully saturated rings. The summed E-state index contributed by atoms with van der Waals surface area (Å²) in [4.78, 5) is 22.8. The van der Waals surface area contributed by atoms with Crippen LogP contribution in [0.25, 0.3) is 0 Å². The van der Waals surface area contributed by atoms with Gasteiger partial charge >= 0.3 is 0 Å². The summed E-state index contributed by atoms with van der Waals surface area (Å²) in [5.74, 6) is 0.595. The van der Waals surface area contributed by atoms with Crippen LogP contribution in [-0.4, -0.2) is 54.8 Å². The van der Waals surface area contributed by atoms with Gasteiger partial charge in [-0.05, 0) is 29.8 Å². The van der Waals surface area contributed by atoms with Gasteiger partial charge in [-0.15, -0.1) is 0 Å². The van der Waals surface area contributed by atoms with E-state index in [-0.39, 0.29) is 17.2 Å². The highest BCUT2D eigenvalue weighted by Crippen LogP contribution is 2.21. The summed E-state index contributed by atoms with van der Waals surface area (Å²) in [6, 6.07) is 15.7. The van der Waals surface area contributed by atoms with Gasteiger partial charge in [-0.1, -0.05) is 30.3 Å². The maximum atomic E-state index is 13.0. The Bertz CT molecular complexity index is 1110. The third-order valence-corrected chi connectivity index (χ3v) is 7.01. The molecule has 0 unspecified atom stereocenters. The first-order valence-electron chi connectivity index (χ1n) is 9.97. The molecule has 3 aromatic rings. The lowest BCUT2D eigenvalue weighted by Gasteiger charge is -2.34. The Morgan fingerprint density at radius 1 is 0.935 bits per heavy atom. The highest BCUT2D eigenvalue weighted by atomic mass is 32.2. The van der Waals surface area contributed by atoms with Crippen molar-refractivity contribution in [1.29, 1.82) is 0 Å². The van der Waals surface area contributed by atoms with Crippen LogP contribution in [0.3, 0.4) is 0 Å². The zero-order chi connectivity index (χ0) is 21.7. The number of nitrogens with zero attached hydrogens (tertiary/aromatic N) is 4. The summed E-state index contributed by atoms with van der Waals surface area (Å²) in [6.45, 7) is 1.83. The predicted octanol–water partition coefficient (Wildman–Crippen LogP) is 2.17. The second-order valence-electron chi connectivity index (χ2n) is 7.19. The minimum absolute atomic E-state index is 0.151. The Kier molecular flexibility index (Phi) is 6.24. The van der Waals surface area contributed by atoms with Gasteiger partial charge in [-0.2, -0.15) is 4.31 Å². The average Bonchev–Trinajstić information content (AvgIpc) is 2.81. The number of benzene rings is 2. The summed E-state index contributed by atoms with van der Waals surface area (Å²) >= 11 is 0. The van der Waals surface area contributed by atoms with Gasteiger partial charge in [0.25, 0.3) is 0 Å².